The van der Waals surface area contributed by atoms with Gasteiger partial charge in [-0.05, 0) is 16.7 Å². The summed E-state index contributed by atoms with van der Waals surface area (Å²) < 4.78 is 6.78. The van der Waals surface area contributed by atoms with Crippen LogP contribution >= 0.6 is 24.8 Å². The molecule has 1 amide bonds. The molecule has 0 aromatic heterocycles. The summed E-state index contributed by atoms with van der Waals surface area (Å²) in [7, 11) is 0. The number of hydrogen-bond acceptors (Lipinski definition) is 6. The number of rotatable bonds is 13. The van der Waals surface area contributed by atoms with Gasteiger partial charge in [-0.15, -0.1) is 0 Å². The van der Waals surface area contributed by atoms with Gasteiger partial charge in [0, 0.05) is 28.9 Å². The Morgan fingerprint density at radius 3 is 1.17 bits per heavy atom. The molecule has 0 aliphatic carbocycles. The average molecular weight is 721 g/mol. The van der Waals surface area contributed by atoms with Crippen LogP contribution in [-0.2, 0) is 25.3 Å². The van der Waals surface area contributed by atoms with Gasteiger partial charge in [-0.1, -0.05) is 194 Å². The van der Waals surface area contributed by atoms with E-state index < -0.39 is 28.9 Å². The lowest BCUT2D eigenvalue weighted by Gasteiger charge is -2.40. The molecule has 52 heavy (non-hydrogen) atoms. The van der Waals surface area contributed by atoms with Crippen molar-refractivity contribution in [1.29, 1.82) is 0 Å². The van der Waals surface area contributed by atoms with Crippen molar-refractivity contribution in [2.45, 2.75) is 23.5 Å². The van der Waals surface area contributed by atoms with Gasteiger partial charge in [0.1, 0.15) is 6.04 Å². The van der Waals surface area contributed by atoms with E-state index in [0.29, 0.717) is 0 Å². The van der Waals surface area contributed by atoms with E-state index in [2.05, 4.69) is 49.0 Å². The molecule has 7 heteroatoms. The normalized spacial score (nSPS) is 12.0. The third-order valence-corrected chi connectivity index (χ3v) is 10.2. The quantitative estimate of drug-likeness (QED) is 0.0543. The molecule has 5 nitrogen and oxygen atoms in total. The van der Waals surface area contributed by atoms with Crippen LogP contribution in [0.15, 0.2) is 182 Å². The average Bonchev–Trinajstić information content (AvgIpc) is 3.22. The van der Waals surface area contributed by atoms with E-state index in [4.69, 9.17) is 22.7 Å². The maximum absolute atomic E-state index is 14.9. The number of benzene rings is 6. The van der Waals surface area contributed by atoms with Crippen molar-refractivity contribution >= 4 is 41.7 Å². The van der Waals surface area contributed by atoms with E-state index in [9.17, 15) is 9.59 Å². The summed E-state index contributed by atoms with van der Waals surface area (Å²) in [6, 6.07) is 57.9. The maximum atomic E-state index is 14.9. The predicted molar refractivity (Wildman–Crippen MR) is 215 cm³/mol. The Kier molecular flexibility index (Phi) is 11.8. The number of nitrogens with two attached hydrogens (primary N) is 1. The molecule has 0 spiro atoms. The molecule has 0 saturated heterocycles. The largest absolute Gasteiger partial charge is 0.443 e. The van der Waals surface area contributed by atoms with Crippen molar-refractivity contribution in [3.63, 3.8) is 0 Å². The predicted octanol–water partition coefficient (Wildman–Crippen LogP) is 8.36. The molecule has 260 valence electrons. The molecule has 0 fully saturated rings. The fraction of sp³-hybridized carbons (Fsp3) is 0.133. The third-order valence-electron chi connectivity index (χ3n) is 9.48. The van der Waals surface area contributed by atoms with Crippen molar-refractivity contribution < 1.29 is 14.3 Å². The monoisotopic (exact) mass is 720 g/mol. The lowest BCUT2D eigenvalue weighted by atomic mass is 9.67. The van der Waals surface area contributed by atoms with Crippen LogP contribution in [0.4, 0.5) is 0 Å². The van der Waals surface area contributed by atoms with Crippen LogP contribution in [0, 0.1) is 0 Å². The van der Waals surface area contributed by atoms with Crippen LogP contribution in [0.2, 0.25) is 0 Å². The minimum absolute atomic E-state index is 0.0613. The van der Waals surface area contributed by atoms with E-state index in [1.54, 1.807) is 0 Å². The van der Waals surface area contributed by atoms with Crippen LogP contribution < -0.4 is 5.73 Å². The summed E-state index contributed by atoms with van der Waals surface area (Å²) in [4.78, 5) is 30.5. The van der Waals surface area contributed by atoms with E-state index in [-0.39, 0.29) is 23.7 Å². The molecule has 6 aromatic rings. The molecule has 6 aromatic carbocycles. The fourth-order valence-electron chi connectivity index (χ4n) is 7.05. The maximum Gasteiger partial charge on any atom is 0.331 e. The SMILES string of the molecule is NCC(=O)N(C(=S)CC(c1ccccc1)(c1ccccc1)c1ccccc1)[C@H](CS)C(=O)OC(c1ccccc1)(c1ccccc1)c1ccccc1. The van der Waals surface area contributed by atoms with Crippen LogP contribution in [0.3, 0.4) is 0 Å². The first kappa shape index (κ1) is 36.5. The second kappa shape index (κ2) is 16.8. The minimum atomic E-state index is -1.36. The number of ether oxygens (including phenoxy) is 1. The van der Waals surface area contributed by atoms with Gasteiger partial charge in [0.05, 0.1) is 16.9 Å². The minimum Gasteiger partial charge on any atom is -0.443 e. The highest BCUT2D eigenvalue weighted by Crippen LogP contribution is 2.44. The number of thiol groups is 1. The van der Waals surface area contributed by atoms with Crippen LogP contribution in [0.1, 0.15) is 39.8 Å². The third kappa shape index (κ3) is 7.21. The first-order valence-electron chi connectivity index (χ1n) is 17.2. The molecule has 2 N–H and O–H groups in total. The number of nitrogens with zero attached hydrogens (tertiary/aromatic N) is 1. The number of hydrogen-bond donors (Lipinski definition) is 2. The number of carbonyl (C=O) groups is 2. The Hall–Kier alpha value is -5.34. The summed E-state index contributed by atoms with van der Waals surface area (Å²) in [5.74, 6) is -1.23. The van der Waals surface area contributed by atoms with E-state index in [0.717, 1.165) is 33.4 Å². The summed E-state index contributed by atoms with van der Waals surface area (Å²) in [6.07, 6.45) is 0.185. The van der Waals surface area contributed by atoms with Crippen LogP contribution in [-0.4, -0.2) is 40.1 Å². The van der Waals surface area contributed by atoms with Gasteiger partial charge < -0.3 is 10.5 Å². The topological polar surface area (TPSA) is 72.6 Å². The molecular weight excluding hydrogens is 681 g/mol. The Bertz CT molecular complexity index is 1870. The molecule has 0 aliphatic rings. The molecule has 0 unspecified atom stereocenters. The van der Waals surface area contributed by atoms with E-state index in [1.807, 2.05) is 146 Å². The van der Waals surface area contributed by atoms with Crippen molar-refractivity contribution in [3.05, 3.63) is 215 Å². The number of amides is 1. The summed E-state index contributed by atoms with van der Waals surface area (Å²) in [5, 5.41) is 0. The molecule has 0 aliphatic heterocycles. The Morgan fingerprint density at radius 2 is 0.885 bits per heavy atom. The van der Waals surface area contributed by atoms with Gasteiger partial charge in [0.25, 0.3) is 0 Å². The van der Waals surface area contributed by atoms with Gasteiger partial charge in [-0.25, -0.2) is 4.79 Å². The second-order valence-corrected chi connectivity index (χ2v) is 13.3. The lowest BCUT2D eigenvalue weighted by molar-refractivity contribution is -0.160. The van der Waals surface area contributed by atoms with Crippen molar-refractivity contribution in [2.75, 3.05) is 12.3 Å². The first-order chi connectivity index (χ1) is 25.5. The summed E-state index contributed by atoms with van der Waals surface area (Å²) in [5.41, 5.74) is 9.08. The molecular formula is C45H40N2O3S2. The molecule has 6 rings (SSSR count). The Balaban J connectivity index is 1.48. The standard InChI is InChI=1S/C45H40N2O3S2/c46-32-41(48)47(42(52)31-44(34-19-7-1-8-20-34,35-21-9-2-10-22-35)36-23-11-3-12-24-36)40(33-51)43(49)50-45(37-25-13-4-14-26-37,38-27-15-5-16-28-38)39-29-17-6-18-30-39/h1-30,40,51H,31-33,46H2/t40-/m1/s1. The van der Waals surface area contributed by atoms with Gasteiger partial charge in [0.2, 0.25) is 5.91 Å². The molecule has 0 saturated carbocycles. The lowest BCUT2D eigenvalue weighted by Crippen LogP contribution is -2.54. The Labute approximate surface area is 316 Å². The second-order valence-electron chi connectivity index (χ2n) is 12.4. The van der Waals surface area contributed by atoms with Gasteiger partial charge in [-0.2, -0.15) is 12.6 Å². The summed E-state index contributed by atoms with van der Waals surface area (Å²) in [6.45, 7) is -0.367. The van der Waals surface area contributed by atoms with Crippen LogP contribution in [0.25, 0.3) is 0 Å². The van der Waals surface area contributed by atoms with Crippen molar-refractivity contribution in [2.24, 2.45) is 5.73 Å². The van der Waals surface area contributed by atoms with Gasteiger partial charge in [0.15, 0.2) is 5.60 Å². The van der Waals surface area contributed by atoms with Gasteiger partial charge >= 0.3 is 5.97 Å². The van der Waals surface area contributed by atoms with E-state index in [1.165, 1.54) is 4.90 Å². The van der Waals surface area contributed by atoms with E-state index >= 15 is 0 Å². The van der Waals surface area contributed by atoms with Crippen molar-refractivity contribution in [1.82, 2.24) is 4.90 Å². The number of thiocarbonyl (C=S) groups is 1. The zero-order chi connectivity index (χ0) is 36.4. The zero-order valence-electron chi connectivity index (χ0n) is 28.6. The molecule has 0 bridgehead atoms. The highest BCUT2D eigenvalue weighted by atomic mass is 32.1. The smallest absolute Gasteiger partial charge is 0.331 e. The number of esters is 1. The molecule has 1 atom stereocenters. The highest BCUT2D eigenvalue weighted by Gasteiger charge is 2.45. The summed E-state index contributed by atoms with van der Waals surface area (Å²) >= 11 is 10.9. The fourth-order valence-corrected chi connectivity index (χ4v) is 7.81. The first-order valence-corrected chi connectivity index (χ1v) is 18.2. The zero-order valence-corrected chi connectivity index (χ0v) is 30.3. The highest BCUT2D eigenvalue weighted by molar-refractivity contribution is 7.80. The van der Waals surface area contributed by atoms with Crippen LogP contribution in [0.5, 0.6) is 0 Å². The Morgan fingerprint density at radius 1 is 0.577 bits per heavy atom. The van der Waals surface area contributed by atoms with Crippen molar-refractivity contribution in [3.8, 4) is 0 Å². The van der Waals surface area contributed by atoms with Gasteiger partial charge in [-0.3, -0.25) is 9.69 Å². The number of carbonyl (C=O) groups excluding carboxylic acids is 2. The molecule has 0 heterocycles. The molecule has 0 radical (unpaired) electrons.